The molecule has 1 spiro atoms. The summed E-state index contributed by atoms with van der Waals surface area (Å²) in [5, 5.41) is 2.53. The number of nitrogens with zero attached hydrogens (tertiary/aromatic N) is 3. The van der Waals surface area contributed by atoms with Gasteiger partial charge in [0.2, 0.25) is 0 Å². The average Bonchev–Trinajstić information content (AvgIpc) is 1.66. The van der Waals surface area contributed by atoms with Crippen molar-refractivity contribution in [1.82, 2.24) is 4.57 Å². The minimum Gasteiger partial charge on any atom is -0.311 e. The van der Waals surface area contributed by atoms with Gasteiger partial charge in [-0.1, -0.05) is 260 Å². The normalized spacial score (nSPS) is 13.8. The third kappa shape index (κ3) is 7.88. The molecule has 13 aromatic carbocycles. The first-order chi connectivity index (χ1) is 44.4. The van der Waals surface area contributed by atoms with Gasteiger partial charge in [-0.15, -0.1) is 0 Å². The van der Waals surface area contributed by atoms with Gasteiger partial charge in [-0.05, 0) is 189 Å². The molecule has 0 bridgehead atoms. The van der Waals surface area contributed by atoms with Crippen LogP contribution in [-0.2, 0) is 16.2 Å². The van der Waals surface area contributed by atoms with Crippen LogP contribution in [0.2, 0.25) is 0 Å². The zero-order chi connectivity index (χ0) is 61.1. The van der Waals surface area contributed by atoms with Crippen molar-refractivity contribution in [3.05, 3.63) is 325 Å². The molecule has 0 unspecified atom stereocenters. The Bertz CT molecular complexity index is 5180. The fourth-order valence-corrected chi connectivity index (χ4v) is 16.2. The molecule has 14 aromatic rings. The van der Waals surface area contributed by atoms with Crippen LogP contribution in [0.25, 0.3) is 83.1 Å². The lowest BCUT2D eigenvalue weighted by molar-refractivity contribution is 0.590. The van der Waals surface area contributed by atoms with Gasteiger partial charge in [-0.25, -0.2) is 0 Å². The Hall–Kier alpha value is -10.7. The molecule has 91 heavy (non-hydrogen) atoms. The molecule has 0 fully saturated rings. The Kier molecular flexibility index (Phi) is 11.5. The standard InChI is InChI=1S/C87H66BN3/c1-85(2,3)61-38-46-78-70(50-61)71-51-62(86(4,5)6)39-47-79(71)91(78)65-53-82-84-83(54-65)90(64-42-43-69-68-30-18-21-33-74(68)87(75(69)52-64)72-31-19-16-28-66(72)67-29-17-20-32-73(67)87)81-45-37-60(57-26-14-9-15-27-57)49-77(81)88(84)76-48-59(56-24-12-8-13-25-56)36-44-80(76)89(82)63-40-34-58(35-41-63)55-22-10-7-11-23-55/h7-54H,1-6H3. The maximum absolute atomic E-state index is 2.65. The second kappa shape index (κ2) is 19.7. The van der Waals surface area contributed by atoms with E-state index in [9.17, 15) is 0 Å². The predicted octanol–water partition coefficient (Wildman–Crippen LogP) is 20.8. The molecular formula is C87H66BN3. The molecule has 0 amide bonds. The lowest BCUT2D eigenvalue weighted by atomic mass is 9.33. The molecule has 3 nitrogen and oxygen atoms in total. The molecule has 0 saturated heterocycles. The Labute approximate surface area is 533 Å². The predicted molar refractivity (Wildman–Crippen MR) is 385 cm³/mol. The van der Waals surface area contributed by atoms with Gasteiger partial charge in [0.15, 0.2) is 0 Å². The van der Waals surface area contributed by atoms with E-state index >= 15 is 0 Å². The van der Waals surface area contributed by atoms with E-state index in [0.29, 0.717) is 0 Å². The van der Waals surface area contributed by atoms with E-state index in [4.69, 9.17) is 0 Å². The van der Waals surface area contributed by atoms with Gasteiger partial charge in [0.1, 0.15) is 0 Å². The maximum Gasteiger partial charge on any atom is 0.252 e. The minimum absolute atomic E-state index is 0.0493. The lowest BCUT2D eigenvalue weighted by Gasteiger charge is -2.45. The summed E-state index contributed by atoms with van der Waals surface area (Å²) in [4.78, 5) is 5.24. The van der Waals surface area contributed by atoms with Crippen LogP contribution in [-0.4, -0.2) is 11.3 Å². The molecule has 1 aromatic heterocycles. The van der Waals surface area contributed by atoms with Gasteiger partial charge in [0.05, 0.1) is 22.1 Å². The van der Waals surface area contributed by atoms with E-state index in [0.717, 1.165) is 28.4 Å². The van der Waals surface area contributed by atoms with Crippen molar-refractivity contribution >= 4 is 79.0 Å². The number of hydrogen-bond donors (Lipinski definition) is 0. The molecular weight excluding hydrogens is 1100 g/mol. The molecule has 0 N–H and O–H groups in total. The van der Waals surface area contributed by atoms with Crippen LogP contribution in [0, 0.1) is 0 Å². The van der Waals surface area contributed by atoms with Crippen molar-refractivity contribution in [2.75, 3.05) is 9.80 Å². The monoisotopic (exact) mass is 1160 g/mol. The quantitative estimate of drug-likeness (QED) is 0.154. The average molecular weight is 1160 g/mol. The van der Waals surface area contributed by atoms with Gasteiger partial charge in [0.25, 0.3) is 6.71 Å². The summed E-state index contributed by atoms with van der Waals surface area (Å²) in [5.74, 6) is 0. The van der Waals surface area contributed by atoms with Crippen LogP contribution in [0.5, 0.6) is 0 Å². The van der Waals surface area contributed by atoms with Gasteiger partial charge < -0.3 is 14.4 Å². The highest BCUT2D eigenvalue weighted by Gasteiger charge is 2.52. The highest BCUT2D eigenvalue weighted by Crippen LogP contribution is 2.63. The van der Waals surface area contributed by atoms with Crippen molar-refractivity contribution in [3.63, 3.8) is 0 Å². The first kappa shape index (κ1) is 53.4. The molecule has 0 atom stereocenters. The van der Waals surface area contributed by atoms with Crippen LogP contribution in [0.3, 0.4) is 0 Å². The fourth-order valence-electron chi connectivity index (χ4n) is 16.2. The topological polar surface area (TPSA) is 11.4 Å². The van der Waals surface area contributed by atoms with E-state index in [1.165, 1.54) is 139 Å². The Morgan fingerprint density at radius 2 is 0.670 bits per heavy atom. The van der Waals surface area contributed by atoms with Crippen LogP contribution in [0.15, 0.2) is 291 Å². The van der Waals surface area contributed by atoms with Crippen LogP contribution < -0.4 is 26.2 Å². The zero-order valence-electron chi connectivity index (χ0n) is 52.1. The summed E-state index contributed by atoms with van der Waals surface area (Å²) in [6.45, 7) is 13.8. The van der Waals surface area contributed by atoms with E-state index in [-0.39, 0.29) is 17.5 Å². The number of benzene rings is 13. The Morgan fingerprint density at radius 3 is 1.13 bits per heavy atom. The number of aromatic nitrogens is 1. The molecule has 2 aliphatic heterocycles. The van der Waals surface area contributed by atoms with Gasteiger partial charge in [0, 0.05) is 44.9 Å². The Morgan fingerprint density at radius 1 is 0.286 bits per heavy atom. The van der Waals surface area contributed by atoms with Crippen molar-refractivity contribution in [2.45, 2.75) is 57.8 Å². The van der Waals surface area contributed by atoms with Gasteiger partial charge in [-0.2, -0.15) is 0 Å². The molecule has 0 saturated carbocycles. The second-order valence-corrected chi connectivity index (χ2v) is 27.6. The van der Waals surface area contributed by atoms with Crippen molar-refractivity contribution in [3.8, 4) is 61.3 Å². The summed E-state index contributed by atoms with van der Waals surface area (Å²) in [5.41, 5.74) is 33.8. The van der Waals surface area contributed by atoms with E-state index in [1.807, 2.05) is 0 Å². The van der Waals surface area contributed by atoms with Crippen molar-refractivity contribution in [2.24, 2.45) is 0 Å². The summed E-state index contributed by atoms with van der Waals surface area (Å²) < 4.78 is 2.58. The number of fused-ring (bicyclic) bond motifs is 17. The molecule has 2 aliphatic carbocycles. The van der Waals surface area contributed by atoms with Gasteiger partial charge >= 0.3 is 0 Å². The number of hydrogen-bond acceptors (Lipinski definition) is 2. The largest absolute Gasteiger partial charge is 0.311 e. The van der Waals surface area contributed by atoms with Crippen molar-refractivity contribution < 1.29 is 0 Å². The molecule has 18 rings (SSSR count). The molecule has 4 aliphatic rings. The van der Waals surface area contributed by atoms with Gasteiger partial charge in [-0.3, -0.25) is 0 Å². The second-order valence-electron chi connectivity index (χ2n) is 27.6. The third-order valence-corrected chi connectivity index (χ3v) is 20.5. The van der Waals surface area contributed by atoms with E-state index in [2.05, 4.69) is 347 Å². The maximum atomic E-state index is 2.65. The lowest BCUT2D eigenvalue weighted by Crippen LogP contribution is -2.61. The van der Waals surface area contributed by atoms with Crippen LogP contribution >= 0.6 is 0 Å². The number of rotatable bonds is 6. The molecule has 432 valence electrons. The molecule has 4 heteroatoms. The highest BCUT2D eigenvalue weighted by atomic mass is 15.2. The SMILES string of the molecule is CC(C)(C)c1ccc2c(c1)c1cc(C(C)(C)C)ccc1n2-c1cc2c3c(c1)N(c1ccc4c(c1)C1(c5ccccc5-c5ccccc51)c1ccccc1-4)c1ccc(-c4ccccc4)cc1B3c1cc(-c3ccccc3)ccc1N2c1ccc(-c2ccccc2)cc1. The smallest absolute Gasteiger partial charge is 0.252 e. The summed E-state index contributed by atoms with van der Waals surface area (Å²) in [7, 11) is 0. The summed E-state index contributed by atoms with van der Waals surface area (Å²) in [6, 6.07) is 111. The van der Waals surface area contributed by atoms with E-state index in [1.54, 1.807) is 0 Å². The minimum atomic E-state index is -0.537. The fraction of sp³-hybridized carbons (Fsp3) is 0.103. The van der Waals surface area contributed by atoms with E-state index < -0.39 is 5.41 Å². The number of anilines is 6. The highest BCUT2D eigenvalue weighted by molar-refractivity contribution is 7.00. The van der Waals surface area contributed by atoms with Crippen LogP contribution in [0.4, 0.5) is 34.1 Å². The first-order valence-electron chi connectivity index (χ1n) is 32.3. The summed E-state index contributed by atoms with van der Waals surface area (Å²) >= 11 is 0. The summed E-state index contributed by atoms with van der Waals surface area (Å²) in [6.07, 6.45) is 0. The zero-order valence-corrected chi connectivity index (χ0v) is 52.1. The first-order valence-corrected chi connectivity index (χ1v) is 32.3. The third-order valence-electron chi connectivity index (χ3n) is 20.5. The molecule has 0 radical (unpaired) electrons. The Balaban J connectivity index is 0.974. The van der Waals surface area contributed by atoms with Crippen LogP contribution in [0.1, 0.15) is 74.9 Å². The molecule has 3 heterocycles. The van der Waals surface area contributed by atoms with Crippen molar-refractivity contribution in [1.29, 1.82) is 0 Å².